The van der Waals surface area contributed by atoms with E-state index in [1.54, 1.807) is 18.4 Å². The SMILES string of the molecule is [2H]c1cc(C=C2C=CC(C=C3C=CC(C=C4C=CC=N4)=N3)=N2)[nH]c1C=O. The molecule has 1 aromatic heterocycles. The molecule has 0 bridgehead atoms. The van der Waals surface area contributed by atoms with Gasteiger partial charge in [-0.3, -0.25) is 9.79 Å². The third-order valence-corrected chi connectivity index (χ3v) is 3.62. The van der Waals surface area contributed by atoms with Crippen molar-refractivity contribution in [3.05, 3.63) is 89.2 Å². The lowest BCUT2D eigenvalue weighted by Gasteiger charge is -1.92. The third-order valence-electron chi connectivity index (χ3n) is 3.62. The molecule has 1 N–H and O–H groups in total. The number of hydrogen-bond acceptors (Lipinski definition) is 4. The standard InChI is InChI=1S/C20H14N4O/c25-13-20-8-7-19(24-20)12-18-6-5-17(23-18)11-16-4-3-15(22-16)10-14-2-1-9-21-14/h1-13,24H/i8D. The van der Waals surface area contributed by atoms with Crippen molar-refractivity contribution in [2.75, 3.05) is 0 Å². The summed E-state index contributed by atoms with van der Waals surface area (Å²) in [6, 6.07) is 1.77. The van der Waals surface area contributed by atoms with Crippen LogP contribution in [0.5, 0.6) is 0 Å². The van der Waals surface area contributed by atoms with Crippen molar-refractivity contribution in [1.82, 2.24) is 4.98 Å². The van der Waals surface area contributed by atoms with Gasteiger partial charge in [0.15, 0.2) is 6.29 Å². The summed E-state index contributed by atoms with van der Waals surface area (Å²) in [6.07, 6.45) is 19.5. The molecule has 25 heavy (non-hydrogen) atoms. The topological polar surface area (TPSA) is 69.9 Å². The molecule has 0 fully saturated rings. The highest BCUT2D eigenvalue weighted by molar-refractivity contribution is 6.11. The van der Waals surface area contributed by atoms with Crippen LogP contribution in [-0.2, 0) is 0 Å². The molecule has 0 atom stereocenters. The Morgan fingerprint density at radius 1 is 0.880 bits per heavy atom. The molecule has 3 aliphatic heterocycles. The van der Waals surface area contributed by atoms with Crippen molar-refractivity contribution >= 4 is 30.0 Å². The summed E-state index contributed by atoms with van der Waals surface area (Å²) in [6.45, 7) is 0. The molecule has 4 heterocycles. The Labute approximate surface area is 146 Å². The average molecular weight is 327 g/mol. The van der Waals surface area contributed by atoms with Gasteiger partial charge < -0.3 is 4.98 Å². The number of aromatic amines is 1. The molecular weight excluding hydrogens is 312 g/mol. The highest BCUT2D eigenvalue weighted by Gasteiger charge is 2.07. The van der Waals surface area contributed by atoms with Gasteiger partial charge in [0.05, 0.1) is 35.6 Å². The first-order chi connectivity index (χ1) is 12.7. The Morgan fingerprint density at radius 3 is 2.24 bits per heavy atom. The van der Waals surface area contributed by atoms with Crippen LogP contribution in [0.4, 0.5) is 0 Å². The number of H-pyrrole nitrogens is 1. The van der Waals surface area contributed by atoms with Crippen LogP contribution >= 0.6 is 0 Å². The van der Waals surface area contributed by atoms with E-state index < -0.39 is 0 Å². The number of carbonyl (C=O) groups excluding carboxylic acids is 1. The van der Waals surface area contributed by atoms with Crippen LogP contribution in [0.2, 0.25) is 0 Å². The highest BCUT2D eigenvalue weighted by atomic mass is 16.1. The van der Waals surface area contributed by atoms with Gasteiger partial charge in [-0.25, -0.2) is 9.98 Å². The maximum Gasteiger partial charge on any atom is 0.166 e. The van der Waals surface area contributed by atoms with Gasteiger partial charge >= 0.3 is 0 Å². The zero-order valence-corrected chi connectivity index (χ0v) is 13.2. The van der Waals surface area contributed by atoms with E-state index >= 15 is 0 Å². The first-order valence-electron chi connectivity index (χ1n) is 8.24. The maximum atomic E-state index is 10.8. The number of allylic oxidation sites excluding steroid dienone is 8. The zero-order valence-electron chi connectivity index (χ0n) is 14.2. The van der Waals surface area contributed by atoms with E-state index in [0.29, 0.717) is 12.0 Å². The van der Waals surface area contributed by atoms with Crippen LogP contribution in [0.3, 0.4) is 0 Å². The van der Waals surface area contributed by atoms with Crippen molar-refractivity contribution in [3.63, 3.8) is 0 Å². The quantitative estimate of drug-likeness (QED) is 0.843. The van der Waals surface area contributed by atoms with Gasteiger partial charge in [-0.05, 0) is 66.8 Å². The smallest absolute Gasteiger partial charge is 0.166 e. The summed E-state index contributed by atoms with van der Waals surface area (Å²) in [7, 11) is 0. The molecule has 0 unspecified atom stereocenters. The molecule has 5 nitrogen and oxygen atoms in total. The fourth-order valence-corrected chi connectivity index (χ4v) is 2.50. The summed E-state index contributed by atoms with van der Waals surface area (Å²) in [4.78, 5) is 26.9. The Morgan fingerprint density at radius 2 is 1.60 bits per heavy atom. The summed E-state index contributed by atoms with van der Waals surface area (Å²) >= 11 is 0. The minimum atomic E-state index is 0.175. The van der Waals surface area contributed by atoms with Crippen molar-refractivity contribution in [2.45, 2.75) is 0 Å². The van der Waals surface area contributed by atoms with E-state index in [-0.39, 0.29) is 11.7 Å². The maximum absolute atomic E-state index is 10.8. The number of rotatable bonds is 4. The lowest BCUT2D eigenvalue weighted by Crippen LogP contribution is -1.86. The second-order valence-corrected chi connectivity index (χ2v) is 5.49. The van der Waals surface area contributed by atoms with Gasteiger partial charge in [0.2, 0.25) is 0 Å². The van der Waals surface area contributed by atoms with Gasteiger partial charge in [-0.2, -0.15) is 0 Å². The van der Waals surface area contributed by atoms with E-state index in [0.717, 1.165) is 28.5 Å². The fourth-order valence-electron chi connectivity index (χ4n) is 2.50. The number of aldehydes is 1. The Bertz CT molecular complexity index is 1040. The third kappa shape index (κ3) is 3.50. The predicted molar refractivity (Wildman–Crippen MR) is 101 cm³/mol. The van der Waals surface area contributed by atoms with Crippen molar-refractivity contribution in [1.29, 1.82) is 0 Å². The zero-order chi connectivity index (χ0) is 17.9. The van der Waals surface area contributed by atoms with Gasteiger partial charge in [0, 0.05) is 11.9 Å². The monoisotopic (exact) mass is 327 g/mol. The molecule has 0 aromatic carbocycles. The van der Waals surface area contributed by atoms with Crippen LogP contribution < -0.4 is 0 Å². The summed E-state index contributed by atoms with van der Waals surface area (Å²) in [5, 5.41) is 0. The van der Waals surface area contributed by atoms with Crippen LogP contribution in [-0.4, -0.2) is 28.9 Å². The normalized spacial score (nSPS) is 23.2. The number of hydrogen-bond donors (Lipinski definition) is 1. The van der Waals surface area contributed by atoms with E-state index in [1.165, 1.54) is 0 Å². The van der Waals surface area contributed by atoms with Crippen molar-refractivity contribution < 1.29 is 6.17 Å². The van der Waals surface area contributed by atoms with Crippen molar-refractivity contribution in [3.8, 4) is 0 Å². The lowest BCUT2D eigenvalue weighted by atomic mass is 10.2. The second kappa shape index (κ2) is 6.49. The molecule has 3 aliphatic rings. The Hall–Kier alpha value is -3.60. The van der Waals surface area contributed by atoms with E-state index in [4.69, 9.17) is 1.37 Å². The van der Waals surface area contributed by atoms with Crippen LogP contribution in [0.15, 0.2) is 92.8 Å². The van der Waals surface area contributed by atoms with Crippen LogP contribution in [0.1, 0.15) is 17.6 Å². The minimum absolute atomic E-state index is 0.175. The van der Waals surface area contributed by atoms with Crippen molar-refractivity contribution in [2.24, 2.45) is 15.0 Å². The summed E-state index contributed by atoms with van der Waals surface area (Å²) in [5.74, 6) is 0. The van der Waals surface area contributed by atoms with Gasteiger partial charge in [0.25, 0.3) is 0 Å². The van der Waals surface area contributed by atoms with Crippen LogP contribution in [0.25, 0.3) is 6.08 Å². The Balaban J connectivity index is 1.51. The molecule has 0 radical (unpaired) electrons. The fraction of sp³-hybridized carbons (Fsp3) is 0. The van der Waals surface area contributed by atoms with E-state index in [1.807, 2.05) is 48.6 Å². The molecule has 0 spiro atoms. The number of aliphatic imine (C=N–C) groups is 3. The van der Waals surface area contributed by atoms with Gasteiger partial charge in [-0.15, -0.1) is 0 Å². The lowest BCUT2D eigenvalue weighted by molar-refractivity contribution is 0.111. The largest absolute Gasteiger partial charge is 0.353 e. The van der Waals surface area contributed by atoms with Gasteiger partial charge in [-0.1, -0.05) is 0 Å². The molecule has 5 heteroatoms. The average Bonchev–Trinajstić information content (AvgIpc) is 3.39. The molecule has 120 valence electrons. The number of nitrogens with one attached hydrogen (secondary N) is 1. The molecule has 0 aliphatic carbocycles. The first kappa shape index (κ1) is 13.8. The number of aromatic nitrogens is 1. The first-order valence-corrected chi connectivity index (χ1v) is 7.74. The molecule has 0 saturated heterocycles. The molecule has 0 saturated carbocycles. The predicted octanol–water partition coefficient (Wildman–Crippen LogP) is 3.60. The van der Waals surface area contributed by atoms with E-state index in [9.17, 15) is 4.79 Å². The summed E-state index contributed by atoms with van der Waals surface area (Å²) in [5.41, 5.74) is 5.03. The number of nitrogens with zero attached hydrogens (tertiary/aromatic N) is 3. The molecule has 1 aromatic rings. The number of carbonyl (C=O) groups is 1. The molecule has 0 amide bonds. The van der Waals surface area contributed by atoms with E-state index in [2.05, 4.69) is 20.0 Å². The van der Waals surface area contributed by atoms with Gasteiger partial charge in [0.1, 0.15) is 0 Å². The Kier molecular flexibility index (Phi) is 3.58. The minimum Gasteiger partial charge on any atom is -0.353 e. The summed E-state index contributed by atoms with van der Waals surface area (Å²) < 4.78 is 7.66. The second-order valence-electron chi connectivity index (χ2n) is 5.49. The molecular formula is C20H14N4O. The molecule has 4 rings (SSSR count). The van der Waals surface area contributed by atoms with Crippen LogP contribution in [0, 0.1) is 0 Å². The highest BCUT2D eigenvalue weighted by Crippen LogP contribution is 2.18.